The van der Waals surface area contributed by atoms with Gasteiger partial charge in [-0.15, -0.1) is 0 Å². The van der Waals surface area contributed by atoms with Crippen LogP contribution in [0.25, 0.3) is 0 Å². The smallest absolute Gasteiger partial charge is 0.237 e. The molecule has 8 nitrogen and oxygen atoms in total. The fourth-order valence-corrected chi connectivity index (χ4v) is 4.65. The molecule has 1 atom stereocenters. The van der Waals surface area contributed by atoms with Crippen LogP contribution < -0.4 is 20.1 Å². The Morgan fingerprint density at radius 1 is 1.19 bits per heavy atom. The van der Waals surface area contributed by atoms with E-state index in [2.05, 4.69) is 34.3 Å². The molecule has 2 fully saturated rings. The highest BCUT2D eigenvalue weighted by Gasteiger charge is 2.32. The van der Waals surface area contributed by atoms with Gasteiger partial charge in [-0.2, -0.15) is 0 Å². The van der Waals surface area contributed by atoms with Crippen LogP contribution in [0.5, 0.6) is 11.5 Å². The van der Waals surface area contributed by atoms with Crippen molar-refractivity contribution in [2.45, 2.75) is 51.7 Å². The number of carbonyl (C=O) groups is 2. The van der Waals surface area contributed by atoms with Gasteiger partial charge in [-0.05, 0) is 51.8 Å². The third-order valence-corrected chi connectivity index (χ3v) is 6.65. The molecule has 0 unspecified atom stereocenters. The molecule has 0 bridgehead atoms. The first-order valence-corrected chi connectivity index (χ1v) is 11.6. The number of piperidine rings is 1. The van der Waals surface area contributed by atoms with Gasteiger partial charge in [0.15, 0.2) is 11.5 Å². The average molecular weight is 447 g/mol. The molecule has 1 aromatic rings. The normalized spacial score (nSPS) is 20.8. The molecule has 32 heavy (non-hydrogen) atoms. The highest BCUT2D eigenvalue weighted by molar-refractivity contribution is 5.88. The van der Waals surface area contributed by atoms with E-state index in [-0.39, 0.29) is 18.2 Å². The van der Waals surface area contributed by atoms with Crippen LogP contribution in [-0.4, -0.2) is 80.6 Å². The van der Waals surface area contributed by atoms with Gasteiger partial charge >= 0.3 is 0 Å². The molecule has 0 aromatic heterocycles. The zero-order valence-electron chi connectivity index (χ0n) is 19.9. The van der Waals surface area contributed by atoms with E-state index in [0.717, 1.165) is 31.5 Å². The second-order valence-electron chi connectivity index (χ2n) is 9.01. The summed E-state index contributed by atoms with van der Waals surface area (Å²) in [6.07, 6.45) is 2.36. The van der Waals surface area contributed by atoms with Crippen molar-refractivity contribution in [3.63, 3.8) is 0 Å². The Morgan fingerprint density at radius 3 is 2.59 bits per heavy atom. The number of para-hydroxylation sites is 1. The topological polar surface area (TPSA) is 83.1 Å². The van der Waals surface area contributed by atoms with Gasteiger partial charge in [-0.3, -0.25) is 14.5 Å². The Labute approximate surface area is 191 Å². The van der Waals surface area contributed by atoms with Crippen LogP contribution in [0.4, 0.5) is 0 Å². The first-order valence-electron chi connectivity index (χ1n) is 11.6. The lowest BCUT2D eigenvalue weighted by Gasteiger charge is -2.36. The number of piperazine rings is 1. The summed E-state index contributed by atoms with van der Waals surface area (Å²) < 4.78 is 10.9. The van der Waals surface area contributed by atoms with Gasteiger partial charge < -0.3 is 25.0 Å². The fraction of sp³-hybridized carbons (Fsp3) is 0.667. The number of carbonyl (C=O) groups excluding carboxylic acids is 2. The van der Waals surface area contributed by atoms with E-state index in [0.29, 0.717) is 49.6 Å². The molecule has 2 N–H and O–H groups in total. The summed E-state index contributed by atoms with van der Waals surface area (Å²) in [6.45, 7) is 9.06. The molecular formula is C24H38N4O4. The van der Waals surface area contributed by atoms with Crippen molar-refractivity contribution in [2.75, 3.05) is 46.9 Å². The van der Waals surface area contributed by atoms with E-state index in [1.165, 1.54) is 0 Å². The van der Waals surface area contributed by atoms with E-state index < -0.39 is 6.04 Å². The summed E-state index contributed by atoms with van der Waals surface area (Å²) in [7, 11) is 3.22. The van der Waals surface area contributed by atoms with Gasteiger partial charge in [0, 0.05) is 37.8 Å². The maximum absolute atomic E-state index is 12.7. The van der Waals surface area contributed by atoms with Crippen LogP contribution in [0, 0.1) is 5.92 Å². The van der Waals surface area contributed by atoms with Crippen molar-refractivity contribution in [3.8, 4) is 11.5 Å². The summed E-state index contributed by atoms with van der Waals surface area (Å²) in [4.78, 5) is 29.9. The molecule has 2 aliphatic heterocycles. The number of methoxy groups -OCH3 is 2. The standard InChI is InChI=1S/C24H38N4O4/c1-17(2)27-11-8-18(9-12-27)15-26-22(29)14-20-24(30)25-10-13-28(20)16-19-6-5-7-21(31-3)23(19)32-4/h5-7,17-18,20H,8-16H2,1-4H3,(H,25,30)(H,26,29)/t20-/m1/s1. The number of amides is 2. The number of rotatable bonds is 9. The van der Waals surface area contributed by atoms with E-state index in [1.54, 1.807) is 14.2 Å². The predicted molar refractivity (Wildman–Crippen MR) is 124 cm³/mol. The van der Waals surface area contributed by atoms with Gasteiger partial charge in [0.2, 0.25) is 11.8 Å². The van der Waals surface area contributed by atoms with Gasteiger partial charge in [0.25, 0.3) is 0 Å². The maximum atomic E-state index is 12.7. The summed E-state index contributed by atoms with van der Waals surface area (Å²) in [5.41, 5.74) is 0.934. The third kappa shape index (κ3) is 6.13. The van der Waals surface area contributed by atoms with Crippen molar-refractivity contribution in [3.05, 3.63) is 23.8 Å². The van der Waals surface area contributed by atoms with Crippen LogP contribution in [0.2, 0.25) is 0 Å². The van der Waals surface area contributed by atoms with Crippen molar-refractivity contribution < 1.29 is 19.1 Å². The Morgan fingerprint density at radius 2 is 1.94 bits per heavy atom. The minimum absolute atomic E-state index is 0.0686. The van der Waals surface area contributed by atoms with Crippen molar-refractivity contribution >= 4 is 11.8 Å². The molecule has 0 spiro atoms. The lowest BCUT2D eigenvalue weighted by Crippen LogP contribution is -2.56. The number of nitrogens with one attached hydrogen (secondary N) is 2. The number of benzene rings is 1. The Kier molecular flexibility index (Phi) is 8.75. The molecule has 3 rings (SSSR count). The van der Waals surface area contributed by atoms with Crippen LogP contribution in [0.1, 0.15) is 38.7 Å². The molecule has 0 aliphatic carbocycles. The highest BCUT2D eigenvalue weighted by atomic mass is 16.5. The lowest BCUT2D eigenvalue weighted by molar-refractivity contribution is -0.134. The maximum Gasteiger partial charge on any atom is 0.237 e. The molecule has 2 aliphatic rings. The number of nitrogens with zero attached hydrogens (tertiary/aromatic N) is 2. The number of hydrogen-bond donors (Lipinski definition) is 2. The highest BCUT2D eigenvalue weighted by Crippen LogP contribution is 2.32. The first kappa shape index (κ1) is 24.3. The molecule has 178 valence electrons. The molecule has 2 amide bonds. The van der Waals surface area contributed by atoms with Crippen molar-refractivity contribution in [1.29, 1.82) is 0 Å². The van der Waals surface area contributed by atoms with E-state index >= 15 is 0 Å². The van der Waals surface area contributed by atoms with E-state index in [1.807, 2.05) is 18.2 Å². The second kappa shape index (κ2) is 11.5. The average Bonchev–Trinajstić information content (AvgIpc) is 2.80. The first-order chi connectivity index (χ1) is 15.4. The van der Waals surface area contributed by atoms with Gasteiger partial charge in [0.1, 0.15) is 0 Å². The molecule has 0 saturated carbocycles. The minimum atomic E-state index is -0.498. The van der Waals surface area contributed by atoms with Gasteiger partial charge in [-0.25, -0.2) is 0 Å². The molecule has 2 saturated heterocycles. The number of ether oxygens (including phenoxy) is 2. The zero-order chi connectivity index (χ0) is 23.1. The molecule has 2 heterocycles. The number of likely N-dealkylation sites (tertiary alicyclic amines) is 1. The summed E-state index contributed by atoms with van der Waals surface area (Å²) in [5.74, 6) is 1.66. The third-order valence-electron chi connectivity index (χ3n) is 6.65. The molecule has 8 heteroatoms. The zero-order valence-corrected chi connectivity index (χ0v) is 19.9. The Balaban J connectivity index is 1.57. The Hall–Kier alpha value is -2.32. The van der Waals surface area contributed by atoms with Crippen LogP contribution in [0.3, 0.4) is 0 Å². The monoisotopic (exact) mass is 446 g/mol. The van der Waals surface area contributed by atoms with Crippen LogP contribution in [-0.2, 0) is 16.1 Å². The Bertz CT molecular complexity index is 777. The second-order valence-corrected chi connectivity index (χ2v) is 9.01. The van der Waals surface area contributed by atoms with Crippen molar-refractivity contribution in [1.82, 2.24) is 20.4 Å². The lowest BCUT2D eigenvalue weighted by atomic mass is 9.96. The minimum Gasteiger partial charge on any atom is -0.493 e. The molecular weight excluding hydrogens is 408 g/mol. The quantitative estimate of drug-likeness (QED) is 0.600. The van der Waals surface area contributed by atoms with Gasteiger partial charge in [0.05, 0.1) is 26.7 Å². The summed E-state index contributed by atoms with van der Waals surface area (Å²) in [5, 5.41) is 5.98. The largest absolute Gasteiger partial charge is 0.493 e. The number of hydrogen-bond acceptors (Lipinski definition) is 6. The predicted octanol–water partition coefficient (Wildman–Crippen LogP) is 1.63. The summed E-state index contributed by atoms with van der Waals surface area (Å²) >= 11 is 0. The van der Waals surface area contributed by atoms with E-state index in [9.17, 15) is 9.59 Å². The van der Waals surface area contributed by atoms with Crippen molar-refractivity contribution in [2.24, 2.45) is 5.92 Å². The SMILES string of the molecule is COc1cccc(CN2CCNC(=O)[C@H]2CC(=O)NCC2CCN(C(C)C)CC2)c1OC. The van der Waals surface area contributed by atoms with Crippen LogP contribution in [0.15, 0.2) is 18.2 Å². The fourth-order valence-electron chi connectivity index (χ4n) is 4.65. The summed E-state index contributed by atoms with van der Waals surface area (Å²) in [6, 6.07) is 5.80. The van der Waals surface area contributed by atoms with E-state index in [4.69, 9.17) is 9.47 Å². The van der Waals surface area contributed by atoms with Gasteiger partial charge in [-0.1, -0.05) is 12.1 Å². The molecule has 0 radical (unpaired) electrons. The van der Waals surface area contributed by atoms with Crippen LogP contribution >= 0.6 is 0 Å². The molecule has 1 aromatic carbocycles.